The molecule has 30 aromatic rings. The van der Waals surface area contributed by atoms with Gasteiger partial charge in [-0.25, -0.2) is 0 Å². The van der Waals surface area contributed by atoms with Gasteiger partial charge < -0.3 is 27.4 Å². The van der Waals surface area contributed by atoms with Gasteiger partial charge in [-0.2, -0.15) is 0 Å². The smallest absolute Gasteiger partial charge is 0.0727 e. The molecule has 21 aromatic carbocycles. The second-order valence-corrected chi connectivity index (χ2v) is 39.6. The summed E-state index contributed by atoms with van der Waals surface area (Å²) in [6, 6.07) is 185. The number of hydrogen-bond donors (Lipinski definition) is 0. The molecule has 0 fully saturated rings. The van der Waals surface area contributed by atoms with Crippen LogP contribution in [-0.2, 0) is 0 Å². The van der Waals surface area contributed by atoms with E-state index in [1.54, 1.807) is 0 Å². The van der Waals surface area contributed by atoms with Crippen LogP contribution in [0.25, 0.3) is 260 Å². The van der Waals surface area contributed by atoms with E-state index in [0.717, 1.165) is 0 Å². The number of nitrogens with zero attached hydrogens (tertiary/aromatic N) is 6. The number of hydrogen-bond acceptors (Lipinski definition) is 3. The van der Waals surface area contributed by atoms with Gasteiger partial charge in [-0.15, -0.1) is 34.0 Å². The van der Waals surface area contributed by atoms with Gasteiger partial charge in [0.25, 0.3) is 0 Å². The molecule has 9 heterocycles. The maximum Gasteiger partial charge on any atom is 0.0727 e. The van der Waals surface area contributed by atoms with E-state index in [9.17, 15) is 0 Å². The van der Waals surface area contributed by atoms with E-state index in [4.69, 9.17) is 0 Å². The first kappa shape index (κ1) is 81.6. The molecule has 0 bridgehead atoms. The Labute approximate surface area is 824 Å². The van der Waals surface area contributed by atoms with Gasteiger partial charge in [0.05, 0.1) is 80.3 Å². The van der Waals surface area contributed by atoms with Crippen molar-refractivity contribution >= 4 is 193 Å². The fourth-order valence-corrected chi connectivity index (χ4v) is 26.0. The normalized spacial score (nSPS) is 11.8. The summed E-state index contributed by atoms with van der Waals surface area (Å²) < 4.78 is 22.4. The average molecular weight is 1850 g/mol. The van der Waals surface area contributed by atoms with Crippen LogP contribution in [0.5, 0.6) is 0 Å². The molecule has 0 saturated carbocycles. The number of benzene rings is 21. The maximum absolute atomic E-state index is 2.43. The average Bonchev–Trinajstić information content (AvgIpc) is 1.64. The van der Waals surface area contributed by atoms with Crippen LogP contribution in [0.3, 0.4) is 0 Å². The van der Waals surface area contributed by atoms with Gasteiger partial charge in [0.2, 0.25) is 0 Å². The maximum atomic E-state index is 2.43. The highest BCUT2D eigenvalue weighted by atomic mass is 32.1. The van der Waals surface area contributed by atoms with Crippen molar-refractivity contribution in [2.24, 2.45) is 0 Å². The van der Waals surface area contributed by atoms with Crippen molar-refractivity contribution in [3.05, 3.63) is 510 Å². The lowest BCUT2D eigenvalue weighted by molar-refractivity contribution is 1.18. The minimum absolute atomic E-state index is 1.17. The van der Waals surface area contributed by atoms with Gasteiger partial charge in [0.1, 0.15) is 0 Å². The molecular formula is C132H84N6S3. The Morgan fingerprint density at radius 2 is 0.390 bits per heavy atom. The molecule has 0 radical (unpaired) electrons. The lowest BCUT2D eigenvalue weighted by atomic mass is 9.96. The monoisotopic (exact) mass is 1850 g/mol. The topological polar surface area (TPSA) is 29.6 Å². The lowest BCUT2D eigenvalue weighted by Gasteiger charge is -2.12. The van der Waals surface area contributed by atoms with E-state index >= 15 is 0 Å². The van der Waals surface area contributed by atoms with Gasteiger partial charge in [-0.05, 0) is 213 Å². The van der Waals surface area contributed by atoms with Crippen LogP contribution >= 0.6 is 34.0 Å². The molecule has 0 aliphatic carbocycles. The first-order valence-electron chi connectivity index (χ1n) is 48.1. The molecule has 141 heavy (non-hydrogen) atoms. The number of rotatable bonds is 12. The largest absolute Gasteiger partial charge is 0.309 e. The molecule has 0 unspecified atom stereocenters. The zero-order chi connectivity index (χ0) is 92.7. The van der Waals surface area contributed by atoms with Crippen LogP contribution in [-0.4, -0.2) is 27.4 Å². The Hall–Kier alpha value is -17.7. The highest BCUT2D eigenvalue weighted by molar-refractivity contribution is 7.27. The third kappa shape index (κ3) is 13.5. The predicted octanol–water partition coefficient (Wildman–Crippen LogP) is 37.3. The Kier molecular flexibility index (Phi) is 19.5. The second kappa shape index (κ2) is 33.6. The molecule has 0 aliphatic heterocycles. The molecule has 0 aliphatic rings. The zero-order valence-corrected chi connectivity index (χ0v) is 78.9. The standard InChI is InChI=1S/3C44H28N2S/c1-3-12-32(13-4-1)45-39-20-9-7-16-35(39)36-19-11-18-34(42(36)45)30-24-22-29(23-25-30)31-26-27-41-38(28-31)43-44(47-41)37-17-8-10-21-40(37)46(43)33-14-5-2-6-15-33;1-3-12-32(13-4-1)45-38-19-9-7-16-35(38)42-34(18-11-21-40(42)45)30-24-22-29(23-25-30)31-26-27-37-41(28-31)47-44-36-17-8-10-20-39(36)46(43(37)44)33-14-5-2-6-15-33;1-3-11-33(12-4-1)45-39-17-9-7-15-35(39)38-27-31(24-26-41(38)45)29-19-21-30(22-20-29)32-23-25-37-42(28-32)47-44-36-16-8-10-18-40(36)46(43(37)44)34-13-5-2-6-14-34/h3*1-28H. The predicted molar refractivity (Wildman–Crippen MR) is 604 cm³/mol. The van der Waals surface area contributed by atoms with Crippen molar-refractivity contribution in [1.29, 1.82) is 0 Å². The van der Waals surface area contributed by atoms with E-state index in [1.807, 2.05) is 34.0 Å². The van der Waals surface area contributed by atoms with E-state index < -0.39 is 0 Å². The molecule has 0 N–H and O–H groups in total. The van der Waals surface area contributed by atoms with Crippen molar-refractivity contribution in [3.8, 4) is 101 Å². The molecule has 6 nitrogen and oxygen atoms in total. The summed E-state index contributed by atoms with van der Waals surface area (Å²) in [6.45, 7) is 0. The molecule has 0 amide bonds. The van der Waals surface area contributed by atoms with Crippen LogP contribution in [0, 0.1) is 0 Å². The van der Waals surface area contributed by atoms with Gasteiger partial charge in [0.15, 0.2) is 0 Å². The summed E-state index contributed by atoms with van der Waals surface area (Å²) in [4.78, 5) is 0. The molecule has 660 valence electrons. The number of fused-ring (bicyclic) bond motifs is 24. The van der Waals surface area contributed by atoms with Crippen LogP contribution in [0.1, 0.15) is 0 Å². The zero-order valence-electron chi connectivity index (χ0n) is 76.4. The van der Waals surface area contributed by atoms with Gasteiger partial charge in [0, 0.05) is 118 Å². The summed E-state index contributed by atoms with van der Waals surface area (Å²) >= 11 is 5.68. The molecule has 0 saturated heterocycles. The Balaban J connectivity index is 0.000000104. The third-order valence-corrected chi connectivity index (χ3v) is 32.1. The highest BCUT2D eigenvalue weighted by Crippen LogP contribution is 2.50. The number of aromatic nitrogens is 6. The van der Waals surface area contributed by atoms with E-state index in [0.29, 0.717) is 0 Å². The third-order valence-electron chi connectivity index (χ3n) is 28.6. The molecule has 30 rings (SSSR count). The van der Waals surface area contributed by atoms with Crippen molar-refractivity contribution < 1.29 is 0 Å². The minimum atomic E-state index is 1.17. The summed E-state index contributed by atoms with van der Waals surface area (Å²) in [5.74, 6) is 0. The van der Waals surface area contributed by atoms with Gasteiger partial charge >= 0.3 is 0 Å². The van der Waals surface area contributed by atoms with Crippen LogP contribution in [0.2, 0.25) is 0 Å². The molecule has 0 spiro atoms. The molecular weight excluding hydrogens is 1770 g/mol. The number of para-hydroxylation sites is 13. The van der Waals surface area contributed by atoms with Crippen LogP contribution in [0.15, 0.2) is 510 Å². The second-order valence-electron chi connectivity index (χ2n) is 36.5. The highest BCUT2D eigenvalue weighted by Gasteiger charge is 2.26. The minimum Gasteiger partial charge on any atom is -0.309 e. The Morgan fingerprint density at radius 1 is 0.128 bits per heavy atom. The lowest BCUT2D eigenvalue weighted by Crippen LogP contribution is -1.95. The Morgan fingerprint density at radius 3 is 0.830 bits per heavy atom. The Bertz CT molecular complexity index is 10100. The van der Waals surface area contributed by atoms with Gasteiger partial charge in [-0.1, -0.05) is 358 Å². The summed E-state index contributed by atoms with van der Waals surface area (Å²) in [7, 11) is 0. The van der Waals surface area contributed by atoms with Crippen molar-refractivity contribution in [3.63, 3.8) is 0 Å². The fourth-order valence-electron chi connectivity index (χ4n) is 22.2. The van der Waals surface area contributed by atoms with Gasteiger partial charge in [-0.3, -0.25) is 0 Å². The SMILES string of the molecule is c1ccc(-n2c3ccccc3c3c(-c4ccc(-c5ccc6c(c5)sc5c7ccccc7n(-c7ccccc7)c65)cc4)cccc32)cc1.c1ccc(-n2c3ccccc3c3cc(-c4ccc(-c5ccc6c(c5)sc5c7ccccc7n(-c7ccccc7)c65)cc4)ccc32)cc1.c1ccc(-n2c3ccccc3c3cccc(-c4ccc(-c5ccc6sc7c8ccccc8n(-c8ccccc8)c7c6c5)cc4)c32)cc1. The fraction of sp³-hybridized carbons (Fsp3) is 0. The molecule has 0 atom stereocenters. The number of thiophene rings is 3. The summed E-state index contributed by atoms with van der Waals surface area (Å²) in [6.07, 6.45) is 0. The van der Waals surface area contributed by atoms with Crippen LogP contribution < -0.4 is 0 Å². The van der Waals surface area contributed by atoms with Crippen LogP contribution in [0.4, 0.5) is 0 Å². The van der Waals surface area contributed by atoms with E-state index in [-0.39, 0.29) is 0 Å². The summed E-state index contributed by atoms with van der Waals surface area (Å²) in [5, 5.41) is 15.5. The molecule has 9 aromatic heterocycles. The summed E-state index contributed by atoms with van der Waals surface area (Å²) in [5.41, 5.74) is 36.9. The van der Waals surface area contributed by atoms with E-state index in [2.05, 4.69) is 537 Å². The molecule has 9 heteroatoms. The van der Waals surface area contributed by atoms with Crippen molar-refractivity contribution in [2.45, 2.75) is 0 Å². The van der Waals surface area contributed by atoms with Crippen molar-refractivity contribution in [2.75, 3.05) is 0 Å². The first-order chi connectivity index (χ1) is 70.0. The quantitative estimate of drug-likeness (QED) is 0.117. The van der Waals surface area contributed by atoms with E-state index in [1.165, 1.54) is 260 Å². The van der Waals surface area contributed by atoms with Crippen molar-refractivity contribution in [1.82, 2.24) is 27.4 Å². The first-order valence-corrected chi connectivity index (χ1v) is 50.5.